The van der Waals surface area contributed by atoms with E-state index in [0.29, 0.717) is 5.57 Å². The third-order valence-corrected chi connectivity index (χ3v) is 3.27. The Morgan fingerprint density at radius 2 is 1.89 bits per heavy atom. The molecule has 1 aliphatic heterocycles. The fraction of sp³-hybridized carbons (Fsp3) is 0.0625. The van der Waals surface area contributed by atoms with Gasteiger partial charge in [-0.1, -0.05) is 30.3 Å². The summed E-state index contributed by atoms with van der Waals surface area (Å²) in [7, 11) is 1.77. The molecule has 0 aliphatic carbocycles. The number of para-hydroxylation sites is 1. The largest absolute Gasteiger partial charge is 0.508 e. The molecule has 94 valence electrons. The lowest BCUT2D eigenvalue weighted by atomic mass is 10.0. The molecule has 19 heavy (non-hydrogen) atoms. The molecule has 1 N–H and O–H groups in total. The molecule has 0 bridgehead atoms. The van der Waals surface area contributed by atoms with Crippen LogP contribution in [0.5, 0.6) is 5.75 Å². The number of hydrogen-bond acceptors (Lipinski definition) is 2. The maximum Gasteiger partial charge on any atom is 0.258 e. The van der Waals surface area contributed by atoms with E-state index in [-0.39, 0.29) is 11.7 Å². The summed E-state index contributed by atoms with van der Waals surface area (Å²) in [6.07, 6.45) is 1.81. The van der Waals surface area contributed by atoms with E-state index in [1.54, 1.807) is 30.1 Å². The Hall–Kier alpha value is -2.55. The number of fused-ring (bicyclic) bond motifs is 1. The van der Waals surface area contributed by atoms with Gasteiger partial charge in [0.2, 0.25) is 0 Å². The minimum absolute atomic E-state index is 0.0236. The van der Waals surface area contributed by atoms with Crippen LogP contribution >= 0.6 is 0 Å². The number of amides is 1. The van der Waals surface area contributed by atoms with Gasteiger partial charge < -0.3 is 10.0 Å². The van der Waals surface area contributed by atoms with E-state index in [1.165, 1.54) is 0 Å². The standard InChI is InChI=1S/C16H13NO2/c1-17-15-8-3-2-7-13(15)14(16(17)19)10-11-5-4-6-12(18)9-11/h2-10,18H,1H3/b14-10-. The van der Waals surface area contributed by atoms with Crippen LogP contribution in [0.4, 0.5) is 5.69 Å². The maximum atomic E-state index is 12.2. The summed E-state index contributed by atoms with van der Waals surface area (Å²) in [6.45, 7) is 0. The van der Waals surface area contributed by atoms with Gasteiger partial charge in [-0.15, -0.1) is 0 Å². The Morgan fingerprint density at radius 1 is 1.11 bits per heavy atom. The number of nitrogens with zero attached hydrogens (tertiary/aromatic N) is 1. The summed E-state index contributed by atoms with van der Waals surface area (Å²) >= 11 is 0. The number of anilines is 1. The van der Waals surface area contributed by atoms with Crippen LogP contribution < -0.4 is 4.90 Å². The lowest BCUT2D eigenvalue weighted by molar-refractivity contribution is -0.112. The first-order valence-corrected chi connectivity index (χ1v) is 6.05. The molecule has 0 fully saturated rings. The average molecular weight is 251 g/mol. The number of benzene rings is 2. The number of hydrogen-bond donors (Lipinski definition) is 1. The zero-order valence-electron chi connectivity index (χ0n) is 10.5. The van der Waals surface area contributed by atoms with Crippen LogP contribution in [-0.4, -0.2) is 18.1 Å². The smallest absolute Gasteiger partial charge is 0.258 e. The van der Waals surface area contributed by atoms with Crippen molar-refractivity contribution in [2.24, 2.45) is 0 Å². The Balaban J connectivity index is 2.13. The predicted molar refractivity (Wildman–Crippen MR) is 75.8 cm³/mol. The highest BCUT2D eigenvalue weighted by Crippen LogP contribution is 2.36. The average Bonchev–Trinajstić information content (AvgIpc) is 2.65. The second-order valence-corrected chi connectivity index (χ2v) is 4.53. The Kier molecular flexibility index (Phi) is 2.60. The van der Waals surface area contributed by atoms with Crippen molar-refractivity contribution in [1.29, 1.82) is 0 Å². The van der Waals surface area contributed by atoms with E-state index < -0.39 is 0 Å². The van der Waals surface area contributed by atoms with Crippen molar-refractivity contribution in [3.63, 3.8) is 0 Å². The number of rotatable bonds is 1. The zero-order chi connectivity index (χ0) is 13.4. The van der Waals surface area contributed by atoms with Crippen molar-refractivity contribution in [2.75, 3.05) is 11.9 Å². The first kappa shape index (κ1) is 11.5. The van der Waals surface area contributed by atoms with Crippen LogP contribution in [0.3, 0.4) is 0 Å². The molecule has 1 amide bonds. The molecule has 0 unspecified atom stereocenters. The van der Waals surface area contributed by atoms with Gasteiger partial charge in [0.1, 0.15) is 5.75 Å². The molecule has 0 atom stereocenters. The minimum atomic E-state index is -0.0236. The molecule has 3 nitrogen and oxygen atoms in total. The number of phenols is 1. The SMILES string of the molecule is CN1C(=O)/C(=C\c2cccc(O)c2)c2ccccc21. The van der Waals surface area contributed by atoms with Crippen LogP contribution in [0.15, 0.2) is 48.5 Å². The van der Waals surface area contributed by atoms with E-state index in [9.17, 15) is 9.90 Å². The quantitative estimate of drug-likeness (QED) is 0.792. The van der Waals surface area contributed by atoms with Crippen LogP contribution in [0.25, 0.3) is 11.6 Å². The van der Waals surface area contributed by atoms with Gasteiger partial charge in [-0.3, -0.25) is 4.79 Å². The Bertz CT molecular complexity index is 689. The third kappa shape index (κ3) is 1.89. The van der Waals surface area contributed by atoms with Gasteiger partial charge >= 0.3 is 0 Å². The first-order valence-electron chi connectivity index (χ1n) is 6.05. The van der Waals surface area contributed by atoms with Gasteiger partial charge in [0.05, 0.1) is 5.69 Å². The highest BCUT2D eigenvalue weighted by Gasteiger charge is 2.28. The second-order valence-electron chi connectivity index (χ2n) is 4.53. The third-order valence-electron chi connectivity index (χ3n) is 3.27. The van der Waals surface area contributed by atoms with Crippen molar-refractivity contribution in [2.45, 2.75) is 0 Å². The van der Waals surface area contributed by atoms with Gasteiger partial charge in [-0.25, -0.2) is 0 Å². The lowest BCUT2D eigenvalue weighted by Crippen LogP contribution is -2.20. The molecule has 0 saturated carbocycles. The van der Waals surface area contributed by atoms with Crippen molar-refractivity contribution in [3.8, 4) is 5.75 Å². The van der Waals surface area contributed by atoms with Crippen LogP contribution in [0.1, 0.15) is 11.1 Å². The van der Waals surface area contributed by atoms with Crippen LogP contribution in [-0.2, 0) is 4.79 Å². The fourth-order valence-corrected chi connectivity index (χ4v) is 2.32. The van der Waals surface area contributed by atoms with E-state index in [1.807, 2.05) is 36.4 Å². The van der Waals surface area contributed by atoms with E-state index >= 15 is 0 Å². The van der Waals surface area contributed by atoms with E-state index in [2.05, 4.69) is 0 Å². The molecular weight excluding hydrogens is 238 g/mol. The Morgan fingerprint density at radius 3 is 2.68 bits per heavy atom. The van der Waals surface area contributed by atoms with Crippen LogP contribution in [0.2, 0.25) is 0 Å². The van der Waals surface area contributed by atoms with Crippen LogP contribution in [0, 0.1) is 0 Å². The minimum Gasteiger partial charge on any atom is -0.508 e. The highest BCUT2D eigenvalue weighted by molar-refractivity contribution is 6.35. The van der Waals surface area contributed by atoms with Crippen molar-refractivity contribution < 1.29 is 9.90 Å². The molecule has 0 radical (unpaired) electrons. The monoisotopic (exact) mass is 251 g/mol. The summed E-state index contributed by atoms with van der Waals surface area (Å²) in [5.41, 5.74) is 3.31. The van der Waals surface area contributed by atoms with Crippen molar-refractivity contribution >= 4 is 23.2 Å². The summed E-state index contributed by atoms with van der Waals surface area (Å²) < 4.78 is 0. The van der Waals surface area contributed by atoms with Gasteiger partial charge in [-0.05, 0) is 29.8 Å². The first-order chi connectivity index (χ1) is 9.16. The zero-order valence-corrected chi connectivity index (χ0v) is 10.5. The molecule has 0 saturated heterocycles. The molecule has 3 heteroatoms. The van der Waals surface area contributed by atoms with Gasteiger partial charge in [-0.2, -0.15) is 0 Å². The second kappa shape index (κ2) is 4.28. The maximum absolute atomic E-state index is 12.2. The van der Waals surface area contributed by atoms with Crippen molar-refractivity contribution in [3.05, 3.63) is 59.7 Å². The number of phenolic OH excluding ortho intramolecular Hbond substituents is 1. The molecule has 3 rings (SSSR count). The summed E-state index contributed by atoms with van der Waals surface area (Å²) in [4.78, 5) is 13.9. The normalized spacial score (nSPS) is 15.9. The van der Waals surface area contributed by atoms with E-state index in [0.717, 1.165) is 16.8 Å². The van der Waals surface area contributed by atoms with Gasteiger partial charge in [0.15, 0.2) is 0 Å². The molecule has 2 aromatic rings. The van der Waals surface area contributed by atoms with Crippen molar-refractivity contribution in [1.82, 2.24) is 0 Å². The van der Waals surface area contributed by atoms with Gasteiger partial charge in [0.25, 0.3) is 5.91 Å². The molecule has 0 spiro atoms. The topological polar surface area (TPSA) is 40.5 Å². The molecule has 2 aromatic carbocycles. The molecular formula is C16H13NO2. The number of likely N-dealkylation sites (N-methyl/N-ethyl adjacent to an activating group) is 1. The predicted octanol–water partition coefficient (Wildman–Crippen LogP) is 2.91. The summed E-state index contributed by atoms with van der Waals surface area (Å²) in [5, 5.41) is 9.48. The molecule has 0 aromatic heterocycles. The van der Waals surface area contributed by atoms with E-state index in [4.69, 9.17) is 0 Å². The number of carbonyl (C=O) groups is 1. The summed E-state index contributed by atoms with van der Waals surface area (Å²) in [6, 6.07) is 14.6. The number of aromatic hydroxyl groups is 1. The summed E-state index contributed by atoms with van der Waals surface area (Å²) in [5.74, 6) is 0.172. The Labute approximate surface area is 111 Å². The highest BCUT2D eigenvalue weighted by atomic mass is 16.3. The number of carbonyl (C=O) groups excluding carboxylic acids is 1. The lowest BCUT2D eigenvalue weighted by Gasteiger charge is -2.07. The fourth-order valence-electron chi connectivity index (χ4n) is 2.32. The van der Waals surface area contributed by atoms with Gasteiger partial charge in [0, 0.05) is 18.2 Å². The molecule has 1 aliphatic rings. The molecule has 1 heterocycles.